The van der Waals surface area contributed by atoms with Crippen LogP contribution in [0, 0.1) is 13.8 Å². The second-order valence-corrected chi connectivity index (χ2v) is 6.37. The van der Waals surface area contributed by atoms with Gasteiger partial charge in [0.1, 0.15) is 17.3 Å². The Hall–Kier alpha value is -3.16. The summed E-state index contributed by atoms with van der Waals surface area (Å²) in [6, 6.07) is 4.85. The van der Waals surface area contributed by atoms with E-state index in [9.17, 15) is 9.59 Å². The molecule has 1 saturated heterocycles. The minimum Gasteiger partial charge on any atom is -0.463 e. The van der Waals surface area contributed by atoms with Crippen LogP contribution in [0.2, 0.25) is 0 Å². The summed E-state index contributed by atoms with van der Waals surface area (Å²) in [5.41, 5.74) is 1.14. The number of aryl methyl sites for hydroxylation is 2. The fourth-order valence-electron chi connectivity index (χ4n) is 3.02. The Morgan fingerprint density at radius 2 is 2.04 bits per heavy atom. The van der Waals surface area contributed by atoms with Crippen LogP contribution in [0.5, 0.6) is 0 Å². The van der Waals surface area contributed by atoms with Gasteiger partial charge < -0.3 is 14.7 Å². The zero-order valence-electron chi connectivity index (χ0n) is 14.1. The lowest BCUT2D eigenvalue weighted by atomic mass is 9.99. The molecule has 4 rings (SSSR count). The first-order valence-electron chi connectivity index (χ1n) is 7.90. The van der Waals surface area contributed by atoms with Gasteiger partial charge in [-0.2, -0.15) is 0 Å². The normalized spacial score (nSPS) is 20.5. The third-order valence-electron chi connectivity index (χ3n) is 4.47. The van der Waals surface area contributed by atoms with Crippen molar-refractivity contribution in [1.29, 1.82) is 0 Å². The Bertz CT molecular complexity index is 1000. The number of urea groups is 1. The maximum absolute atomic E-state index is 12.9. The van der Waals surface area contributed by atoms with Gasteiger partial charge in [-0.05, 0) is 44.5 Å². The molecule has 4 heterocycles. The summed E-state index contributed by atoms with van der Waals surface area (Å²) in [6.07, 6.45) is 1.67. The first-order valence-corrected chi connectivity index (χ1v) is 7.90. The van der Waals surface area contributed by atoms with Crippen LogP contribution in [-0.4, -0.2) is 31.8 Å². The number of hydrogen-bond donors (Lipinski definition) is 2. The molecule has 1 atom stereocenters. The van der Waals surface area contributed by atoms with Crippen LogP contribution in [0.25, 0.3) is 11.2 Å². The van der Waals surface area contributed by atoms with Crippen molar-refractivity contribution in [3.8, 4) is 0 Å². The molecule has 1 fully saturated rings. The minimum absolute atomic E-state index is 0.0374. The van der Waals surface area contributed by atoms with Crippen LogP contribution in [0.15, 0.2) is 28.8 Å². The second-order valence-electron chi connectivity index (χ2n) is 6.37. The molecule has 0 aromatic carbocycles. The van der Waals surface area contributed by atoms with Crippen molar-refractivity contribution >= 4 is 23.1 Å². The maximum atomic E-state index is 12.9. The van der Waals surface area contributed by atoms with E-state index >= 15 is 0 Å². The Morgan fingerprint density at radius 1 is 1.24 bits per heavy atom. The highest BCUT2D eigenvalue weighted by molar-refractivity contribution is 6.06. The minimum atomic E-state index is -1.22. The van der Waals surface area contributed by atoms with Gasteiger partial charge in [-0.15, -0.1) is 0 Å². The zero-order chi connectivity index (χ0) is 17.8. The highest BCUT2D eigenvalue weighted by atomic mass is 16.3. The quantitative estimate of drug-likeness (QED) is 0.711. The number of rotatable bonds is 3. The third kappa shape index (κ3) is 2.29. The van der Waals surface area contributed by atoms with Crippen molar-refractivity contribution in [3.05, 3.63) is 47.3 Å². The number of imidazole rings is 1. The summed E-state index contributed by atoms with van der Waals surface area (Å²) in [5.74, 6) is 1.21. The lowest BCUT2D eigenvalue weighted by Crippen LogP contribution is -2.40. The molecule has 1 aliphatic heterocycles. The zero-order valence-corrected chi connectivity index (χ0v) is 14.1. The summed E-state index contributed by atoms with van der Waals surface area (Å²) in [6.45, 7) is 5.40. The molecule has 3 aromatic heterocycles. The van der Waals surface area contributed by atoms with Crippen LogP contribution in [0.3, 0.4) is 0 Å². The fraction of sp³-hybridized carbons (Fsp3) is 0.294. The van der Waals surface area contributed by atoms with E-state index in [1.54, 1.807) is 32.2 Å². The van der Waals surface area contributed by atoms with Crippen LogP contribution >= 0.6 is 0 Å². The molecule has 8 heteroatoms. The molecule has 2 N–H and O–H groups in total. The van der Waals surface area contributed by atoms with Crippen LogP contribution in [0.4, 0.5) is 4.79 Å². The van der Waals surface area contributed by atoms with Crippen LogP contribution < -0.4 is 5.32 Å². The van der Waals surface area contributed by atoms with E-state index in [0.717, 1.165) is 16.0 Å². The number of imide groups is 1. The first kappa shape index (κ1) is 15.4. The fourth-order valence-corrected chi connectivity index (χ4v) is 3.02. The molecule has 0 saturated carbocycles. The lowest BCUT2D eigenvalue weighted by molar-refractivity contribution is -0.132. The number of amides is 3. The summed E-state index contributed by atoms with van der Waals surface area (Å²) >= 11 is 0. The average molecular weight is 339 g/mol. The molecular formula is C17H17N5O3. The molecule has 8 nitrogen and oxygen atoms in total. The van der Waals surface area contributed by atoms with Crippen molar-refractivity contribution in [2.75, 3.05) is 0 Å². The van der Waals surface area contributed by atoms with E-state index < -0.39 is 11.6 Å². The molecular weight excluding hydrogens is 322 g/mol. The van der Waals surface area contributed by atoms with E-state index in [2.05, 4.69) is 20.3 Å². The Morgan fingerprint density at radius 3 is 2.72 bits per heavy atom. The van der Waals surface area contributed by atoms with Gasteiger partial charge in [-0.25, -0.2) is 14.8 Å². The third-order valence-corrected chi connectivity index (χ3v) is 4.47. The van der Waals surface area contributed by atoms with E-state index in [-0.39, 0.29) is 12.5 Å². The topological polar surface area (TPSA) is 104 Å². The Kier molecular flexibility index (Phi) is 3.18. The van der Waals surface area contributed by atoms with Crippen LogP contribution in [0.1, 0.15) is 29.8 Å². The number of fused-ring (bicyclic) bond motifs is 1. The van der Waals surface area contributed by atoms with Gasteiger partial charge in [-0.1, -0.05) is 0 Å². The SMILES string of the molecule is Cc1ccc([C@@]2(C)NC(=O)N(Cc3nc4nccc(C)c4[nH]3)C2=O)o1. The van der Waals surface area contributed by atoms with E-state index in [4.69, 9.17) is 4.42 Å². The van der Waals surface area contributed by atoms with Crippen molar-refractivity contribution < 1.29 is 14.0 Å². The molecule has 3 aromatic rings. The molecule has 128 valence electrons. The largest absolute Gasteiger partial charge is 0.463 e. The lowest BCUT2D eigenvalue weighted by Gasteiger charge is -2.18. The number of furan rings is 1. The van der Waals surface area contributed by atoms with E-state index in [1.165, 1.54) is 0 Å². The first-order chi connectivity index (χ1) is 11.9. The van der Waals surface area contributed by atoms with Crippen molar-refractivity contribution in [1.82, 2.24) is 25.2 Å². The van der Waals surface area contributed by atoms with Gasteiger partial charge in [0.05, 0.1) is 12.1 Å². The summed E-state index contributed by atoms with van der Waals surface area (Å²) in [5, 5.41) is 2.71. The molecule has 1 aliphatic rings. The van der Waals surface area contributed by atoms with Gasteiger partial charge >= 0.3 is 6.03 Å². The van der Waals surface area contributed by atoms with Crippen LogP contribution in [-0.2, 0) is 16.9 Å². The van der Waals surface area contributed by atoms with Gasteiger partial charge in [0, 0.05) is 6.20 Å². The van der Waals surface area contributed by atoms with Crippen molar-refractivity contribution in [2.24, 2.45) is 0 Å². The summed E-state index contributed by atoms with van der Waals surface area (Å²) in [4.78, 5) is 38.0. The molecule has 0 spiro atoms. The monoisotopic (exact) mass is 339 g/mol. The van der Waals surface area contributed by atoms with Crippen molar-refractivity contribution in [2.45, 2.75) is 32.9 Å². The molecule has 0 bridgehead atoms. The van der Waals surface area contributed by atoms with Gasteiger partial charge in [0.25, 0.3) is 5.91 Å². The van der Waals surface area contributed by atoms with E-state index in [1.807, 2.05) is 13.0 Å². The standard InChI is InChI=1S/C17H17N5O3/c1-9-6-7-18-14-13(9)19-12(20-14)8-22-15(23)17(3,21-16(22)24)11-5-4-10(2)25-11/h4-7H,8H2,1-3H3,(H,21,24)(H,18,19,20)/t17-/m1/s1. The summed E-state index contributed by atoms with van der Waals surface area (Å²) < 4.78 is 5.56. The molecule has 3 amide bonds. The highest BCUT2D eigenvalue weighted by Crippen LogP contribution is 2.30. The average Bonchev–Trinajstić information content (AvgIpc) is 3.23. The summed E-state index contributed by atoms with van der Waals surface area (Å²) in [7, 11) is 0. The smallest absolute Gasteiger partial charge is 0.325 e. The number of aromatic amines is 1. The number of hydrogen-bond acceptors (Lipinski definition) is 5. The predicted molar refractivity (Wildman–Crippen MR) is 88.5 cm³/mol. The molecule has 25 heavy (non-hydrogen) atoms. The highest BCUT2D eigenvalue weighted by Gasteiger charge is 2.51. The maximum Gasteiger partial charge on any atom is 0.325 e. The molecule has 0 unspecified atom stereocenters. The second kappa shape index (κ2) is 5.17. The number of carbonyl (C=O) groups excluding carboxylic acids is 2. The van der Waals surface area contributed by atoms with E-state index in [0.29, 0.717) is 23.0 Å². The molecule has 0 aliphatic carbocycles. The number of H-pyrrole nitrogens is 1. The number of nitrogens with zero attached hydrogens (tertiary/aromatic N) is 3. The van der Waals surface area contributed by atoms with Gasteiger partial charge in [0.15, 0.2) is 11.2 Å². The van der Waals surface area contributed by atoms with Crippen molar-refractivity contribution in [3.63, 3.8) is 0 Å². The Labute approximate surface area is 143 Å². The predicted octanol–water partition coefficient (Wildman–Crippen LogP) is 2.13. The number of nitrogens with one attached hydrogen (secondary N) is 2. The number of aromatic nitrogens is 3. The number of carbonyl (C=O) groups is 2. The van der Waals surface area contributed by atoms with Gasteiger partial charge in [-0.3, -0.25) is 9.69 Å². The van der Waals surface area contributed by atoms with Gasteiger partial charge in [0.2, 0.25) is 0 Å². The molecule has 0 radical (unpaired) electrons. The number of pyridine rings is 1. The Balaban J connectivity index is 1.65.